The van der Waals surface area contributed by atoms with E-state index < -0.39 is 41.4 Å². The molecule has 2 aliphatic heterocycles. The monoisotopic (exact) mass is 664 g/mol. The van der Waals surface area contributed by atoms with Crippen molar-refractivity contribution in [1.29, 1.82) is 0 Å². The first kappa shape index (κ1) is 33.6. The van der Waals surface area contributed by atoms with Gasteiger partial charge < -0.3 is 14.5 Å². The minimum Gasteiger partial charge on any atom is -0.410 e. The van der Waals surface area contributed by atoms with E-state index in [0.29, 0.717) is 37.2 Å². The summed E-state index contributed by atoms with van der Waals surface area (Å²) >= 11 is 5.94. The molecule has 2 fully saturated rings. The van der Waals surface area contributed by atoms with Gasteiger partial charge in [-0.25, -0.2) is 13.6 Å². The molecule has 0 aliphatic carbocycles. The average Bonchev–Trinajstić information content (AvgIpc) is 3.48. The van der Waals surface area contributed by atoms with Gasteiger partial charge in [-0.05, 0) is 93.9 Å². The molecule has 1 unspecified atom stereocenters. The second kappa shape index (κ2) is 13.9. The summed E-state index contributed by atoms with van der Waals surface area (Å²) in [7, 11) is 0. The quantitative estimate of drug-likeness (QED) is 0.248. The van der Waals surface area contributed by atoms with Gasteiger partial charge in [-0.3, -0.25) is 14.7 Å². The molecule has 3 atom stereocenters. The first-order valence-electron chi connectivity index (χ1n) is 15.1. The third-order valence-electron chi connectivity index (χ3n) is 8.94. The Morgan fingerprint density at radius 1 is 1.04 bits per heavy atom. The molecule has 246 valence electrons. The lowest BCUT2D eigenvalue weighted by Crippen LogP contribution is -2.47. The van der Waals surface area contributed by atoms with Crippen molar-refractivity contribution < 1.29 is 36.3 Å². The minimum absolute atomic E-state index is 0.0400. The van der Waals surface area contributed by atoms with Crippen LogP contribution in [-0.2, 0) is 11.0 Å². The maximum atomic E-state index is 14.6. The van der Waals surface area contributed by atoms with Crippen LogP contribution in [0.15, 0.2) is 60.8 Å². The van der Waals surface area contributed by atoms with Gasteiger partial charge in [0, 0.05) is 43.7 Å². The van der Waals surface area contributed by atoms with E-state index in [1.807, 2.05) is 6.92 Å². The molecule has 5 rings (SSSR count). The highest BCUT2D eigenvalue weighted by atomic mass is 35.5. The smallest absolute Gasteiger partial charge is 0.410 e. The highest BCUT2D eigenvalue weighted by Crippen LogP contribution is 2.36. The van der Waals surface area contributed by atoms with Crippen molar-refractivity contribution in [2.45, 2.75) is 50.9 Å². The molecule has 0 bridgehead atoms. The van der Waals surface area contributed by atoms with Crippen LogP contribution in [0.3, 0.4) is 0 Å². The number of likely N-dealkylation sites (tertiary alicyclic amines) is 2. The van der Waals surface area contributed by atoms with Crippen molar-refractivity contribution in [3.63, 3.8) is 0 Å². The Bertz CT molecular complexity index is 1530. The number of amides is 2. The van der Waals surface area contributed by atoms with Gasteiger partial charge >= 0.3 is 12.3 Å². The molecule has 1 aromatic heterocycles. The summed E-state index contributed by atoms with van der Waals surface area (Å²) in [4.78, 5) is 36.5. The fraction of sp³-hybridized carbons (Fsp3) is 0.424. The zero-order valence-corrected chi connectivity index (χ0v) is 26.1. The lowest BCUT2D eigenvalue weighted by atomic mass is 9.93. The molecule has 3 heterocycles. The molecule has 0 saturated carbocycles. The molecule has 2 saturated heterocycles. The zero-order chi connectivity index (χ0) is 33.2. The third kappa shape index (κ3) is 7.44. The number of rotatable bonds is 7. The fourth-order valence-corrected chi connectivity index (χ4v) is 6.43. The number of likely N-dealkylation sites (N-methyl/N-ethyl adjacent to an activating group) is 1. The van der Waals surface area contributed by atoms with Crippen LogP contribution in [0.4, 0.5) is 26.7 Å². The van der Waals surface area contributed by atoms with E-state index in [-0.39, 0.29) is 48.3 Å². The van der Waals surface area contributed by atoms with Gasteiger partial charge in [0.05, 0.1) is 22.3 Å². The number of ether oxygens (including phenoxy) is 1. The Morgan fingerprint density at radius 2 is 1.74 bits per heavy atom. The van der Waals surface area contributed by atoms with E-state index in [1.165, 1.54) is 47.4 Å². The number of pyridine rings is 1. The summed E-state index contributed by atoms with van der Waals surface area (Å²) in [5.74, 6) is -1.72. The third-order valence-corrected chi connectivity index (χ3v) is 9.24. The molecule has 2 amide bonds. The maximum Gasteiger partial charge on any atom is 0.417 e. The van der Waals surface area contributed by atoms with Gasteiger partial charge in [0.15, 0.2) is 0 Å². The summed E-state index contributed by atoms with van der Waals surface area (Å²) in [5, 5.41) is -0.0400. The normalized spacial score (nSPS) is 20.0. The Hall–Kier alpha value is -3.77. The largest absolute Gasteiger partial charge is 0.417 e. The molecule has 7 nitrogen and oxygen atoms in total. The molecule has 3 aromatic rings. The SMILES string of the molecule is CCN(C(=O)Oc1ccc(F)cc1)[C@@H]1CN(C(=O)C2CCN(C(C)c3ccc(C(F)(F)F)cn3)CC2)C[C@H]1c1ccc(Cl)c(F)c1. The van der Waals surface area contributed by atoms with Crippen LogP contribution >= 0.6 is 11.6 Å². The van der Waals surface area contributed by atoms with Gasteiger partial charge in [-0.15, -0.1) is 0 Å². The number of aromatic nitrogens is 1. The Kier molecular flexibility index (Phi) is 10.2. The maximum absolute atomic E-state index is 14.6. The van der Waals surface area contributed by atoms with Crippen LogP contribution in [0, 0.1) is 17.6 Å². The van der Waals surface area contributed by atoms with E-state index in [4.69, 9.17) is 16.3 Å². The second-order valence-electron chi connectivity index (χ2n) is 11.7. The molecule has 0 spiro atoms. The Morgan fingerprint density at radius 3 is 2.33 bits per heavy atom. The van der Waals surface area contributed by atoms with E-state index in [1.54, 1.807) is 17.9 Å². The number of halogens is 6. The highest BCUT2D eigenvalue weighted by Gasteiger charge is 2.43. The van der Waals surface area contributed by atoms with Crippen molar-refractivity contribution in [2.75, 3.05) is 32.7 Å². The lowest BCUT2D eigenvalue weighted by molar-refractivity contribution is -0.138. The lowest BCUT2D eigenvalue weighted by Gasteiger charge is -2.36. The standard InChI is InChI=1S/C33H34ClF5N4O3/c1-3-43(32(45)46-25-8-6-24(35)7-9-25)30-19-42(18-26(30)22-4-10-27(34)28(36)16-22)31(44)21-12-14-41(15-13-21)20(2)29-11-5-23(17-40-29)33(37,38)39/h4-11,16-17,20-21,26,30H,3,12-15,18-19H2,1-2H3/t20?,26-,30+/m0/s1. The molecule has 2 aliphatic rings. The van der Waals surface area contributed by atoms with Gasteiger partial charge in [-0.2, -0.15) is 13.2 Å². The summed E-state index contributed by atoms with van der Waals surface area (Å²) in [6.45, 7) is 5.45. The van der Waals surface area contributed by atoms with E-state index in [0.717, 1.165) is 12.3 Å². The number of hydrogen-bond donors (Lipinski definition) is 0. The number of benzene rings is 2. The second-order valence-corrected chi connectivity index (χ2v) is 12.1. The van der Waals surface area contributed by atoms with E-state index in [2.05, 4.69) is 9.88 Å². The van der Waals surface area contributed by atoms with Crippen molar-refractivity contribution in [2.24, 2.45) is 5.92 Å². The molecular formula is C33H34ClF5N4O3. The average molecular weight is 665 g/mol. The number of carbonyl (C=O) groups excluding carboxylic acids is 2. The first-order valence-corrected chi connectivity index (χ1v) is 15.5. The fourth-order valence-electron chi connectivity index (χ4n) is 6.31. The van der Waals surface area contributed by atoms with Crippen LogP contribution < -0.4 is 4.74 Å². The van der Waals surface area contributed by atoms with E-state index >= 15 is 0 Å². The summed E-state index contributed by atoms with van der Waals surface area (Å²) < 4.78 is 72.3. The number of alkyl halides is 3. The van der Waals surface area contributed by atoms with Crippen LogP contribution in [0.25, 0.3) is 0 Å². The first-order chi connectivity index (χ1) is 21.8. The van der Waals surface area contributed by atoms with Crippen LogP contribution in [0.1, 0.15) is 55.5 Å². The molecular weight excluding hydrogens is 631 g/mol. The Balaban J connectivity index is 1.28. The predicted octanol–water partition coefficient (Wildman–Crippen LogP) is 7.32. The summed E-state index contributed by atoms with van der Waals surface area (Å²) in [6.07, 6.45) is -3.22. The molecule has 2 aromatic carbocycles. The van der Waals surface area contributed by atoms with Crippen molar-refractivity contribution >= 4 is 23.6 Å². The van der Waals surface area contributed by atoms with E-state index in [9.17, 15) is 31.5 Å². The Labute approximate surface area is 268 Å². The van der Waals surface area contributed by atoms with Crippen molar-refractivity contribution in [3.8, 4) is 5.75 Å². The molecule has 0 N–H and O–H groups in total. The molecule has 0 radical (unpaired) electrons. The number of nitrogens with zero attached hydrogens (tertiary/aromatic N) is 4. The van der Waals surface area contributed by atoms with Gasteiger partial charge in [0.25, 0.3) is 0 Å². The van der Waals surface area contributed by atoms with Crippen molar-refractivity contribution in [1.82, 2.24) is 19.7 Å². The van der Waals surface area contributed by atoms with Crippen LogP contribution in [-0.4, -0.2) is 70.4 Å². The van der Waals surface area contributed by atoms with Gasteiger partial charge in [0.2, 0.25) is 5.91 Å². The predicted molar refractivity (Wildman–Crippen MR) is 161 cm³/mol. The molecule has 13 heteroatoms. The van der Waals surface area contributed by atoms with Crippen LogP contribution in [0.5, 0.6) is 5.75 Å². The highest BCUT2D eigenvalue weighted by molar-refractivity contribution is 6.30. The number of carbonyl (C=O) groups is 2. The summed E-state index contributed by atoms with van der Waals surface area (Å²) in [5.41, 5.74) is 0.301. The van der Waals surface area contributed by atoms with Crippen LogP contribution in [0.2, 0.25) is 5.02 Å². The topological polar surface area (TPSA) is 66.0 Å². The zero-order valence-electron chi connectivity index (χ0n) is 25.3. The van der Waals surface area contributed by atoms with Crippen molar-refractivity contribution in [3.05, 3.63) is 94.3 Å². The molecule has 46 heavy (non-hydrogen) atoms. The van der Waals surface area contributed by atoms with Gasteiger partial charge in [-0.1, -0.05) is 17.7 Å². The van der Waals surface area contributed by atoms with Gasteiger partial charge in [0.1, 0.15) is 17.4 Å². The summed E-state index contributed by atoms with van der Waals surface area (Å²) in [6, 6.07) is 11.2. The number of piperidine rings is 1. The minimum atomic E-state index is -4.46. The number of hydrogen-bond acceptors (Lipinski definition) is 5.